The molecule has 0 aromatic carbocycles. The maximum Gasteiger partial charge on any atom is 0.327 e. The third-order valence-corrected chi connectivity index (χ3v) is 4.35. The molecule has 0 radical (unpaired) electrons. The van der Waals surface area contributed by atoms with Crippen LogP contribution in [0, 0.1) is 0 Å². The van der Waals surface area contributed by atoms with Gasteiger partial charge >= 0.3 is 5.97 Å². The van der Waals surface area contributed by atoms with Gasteiger partial charge in [0, 0.05) is 25.4 Å². The van der Waals surface area contributed by atoms with Crippen LogP contribution in [0.1, 0.15) is 33.1 Å². The highest BCUT2D eigenvalue weighted by atomic mass is 32.2. The fraction of sp³-hybridized carbons (Fsp3) is 0.833. The van der Waals surface area contributed by atoms with Crippen LogP contribution in [0.5, 0.6) is 0 Å². The van der Waals surface area contributed by atoms with Gasteiger partial charge in [0.15, 0.2) is 0 Å². The molecule has 1 saturated heterocycles. The zero-order chi connectivity index (χ0) is 13.5. The van der Waals surface area contributed by atoms with Gasteiger partial charge < -0.3 is 14.7 Å². The van der Waals surface area contributed by atoms with Crippen LogP contribution in [0.25, 0.3) is 0 Å². The van der Waals surface area contributed by atoms with Crippen LogP contribution in [0.4, 0.5) is 0 Å². The van der Waals surface area contributed by atoms with Gasteiger partial charge in [-0.15, -0.1) is 11.8 Å². The highest BCUT2D eigenvalue weighted by molar-refractivity contribution is 8.00. The lowest BCUT2D eigenvalue weighted by Crippen LogP contribution is -2.45. The summed E-state index contributed by atoms with van der Waals surface area (Å²) in [4.78, 5) is 24.7. The van der Waals surface area contributed by atoms with Crippen molar-refractivity contribution in [2.24, 2.45) is 0 Å². The van der Waals surface area contributed by atoms with Gasteiger partial charge in [0.1, 0.15) is 6.04 Å². The van der Waals surface area contributed by atoms with E-state index in [0.717, 1.165) is 6.42 Å². The first-order valence-electron chi connectivity index (χ1n) is 6.35. The average molecular weight is 275 g/mol. The summed E-state index contributed by atoms with van der Waals surface area (Å²) in [6.45, 7) is 5.08. The number of hydrogen-bond donors (Lipinski definition) is 1. The molecule has 1 heterocycles. The highest BCUT2D eigenvalue weighted by Gasteiger charge is 2.40. The van der Waals surface area contributed by atoms with Crippen molar-refractivity contribution in [2.45, 2.75) is 44.5 Å². The molecule has 1 N–H and O–H groups in total. The number of thioether (sulfide) groups is 1. The Labute approximate surface area is 112 Å². The summed E-state index contributed by atoms with van der Waals surface area (Å²) < 4.78 is 5.18. The highest BCUT2D eigenvalue weighted by Crippen LogP contribution is 2.31. The quantitative estimate of drug-likeness (QED) is 0.714. The molecule has 0 bridgehead atoms. The van der Waals surface area contributed by atoms with E-state index in [0.29, 0.717) is 31.8 Å². The predicted octanol–water partition coefficient (Wildman–Crippen LogP) is 1.57. The van der Waals surface area contributed by atoms with E-state index in [1.165, 1.54) is 0 Å². The van der Waals surface area contributed by atoms with E-state index in [9.17, 15) is 9.59 Å². The minimum atomic E-state index is -0.906. The first-order valence-corrected chi connectivity index (χ1v) is 7.40. The minimum absolute atomic E-state index is 0.00527. The summed E-state index contributed by atoms with van der Waals surface area (Å²) in [5, 5.41) is 9.13. The molecule has 104 valence electrons. The minimum Gasteiger partial charge on any atom is -0.480 e. The lowest BCUT2D eigenvalue weighted by molar-refractivity contribution is -0.149. The smallest absolute Gasteiger partial charge is 0.327 e. The first-order chi connectivity index (χ1) is 8.61. The second kappa shape index (κ2) is 7.63. The number of carbonyl (C=O) groups excluding carboxylic acids is 1. The molecule has 0 aliphatic carbocycles. The Morgan fingerprint density at radius 2 is 2.17 bits per heavy atom. The molecule has 1 rings (SSSR count). The van der Waals surface area contributed by atoms with Gasteiger partial charge in [0.05, 0.1) is 5.37 Å². The van der Waals surface area contributed by atoms with Crippen LogP contribution < -0.4 is 0 Å². The van der Waals surface area contributed by atoms with Gasteiger partial charge in [0.25, 0.3) is 0 Å². The summed E-state index contributed by atoms with van der Waals surface area (Å²) >= 11 is 1.55. The molecule has 6 heteroatoms. The number of aliphatic carboxylic acids is 1. The summed E-state index contributed by atoms with van der Waals surface area (Å²) in [6, 6.07) is -0.667. The van der Waals surface area contributed by atoms with Crippen molar-refractivity contribution in [1.29, 1.82) is 0 Å². The standard InChI is InChI=1S/C12H21NO4S/c1-3-11-13(9(8-18-11)12(15)16)10(14)6-5-7-17-4-2/h9,11H,3-8H2,1-2H3,(H,15,16). The average Bonchev–Trinajstić information content (AvgIpc) is 2.78. The molecule has 0 aromatic rings. The van der Waals surface area contributed by atoms with Crippen LogP contribution in [-0.4, -0.2) is 52.3 Å². The number of nitrogens with zero attached hydrogens (tertiary/aromatic N) is 1. The van der Waals surface area contributed by atoms with E-state index in [-0.39, 0.29) is 11.3 Å². The Hall–Kier alpha value is -0.750. The fourth-order valence-corrected chi connectivity index (χ4v) is 3.37. The van der Waals surface area contributed by atoms with Crippen LogP contribution in [0.3, 0.4) is 0 Å². The molecule has 1 fully saturated rings. The normalized spacial score (nSPS) is 23.3. The van der Waals surface area contributed by atoms with Crippen molar-refractivity contribution in [3.63, 3.8) is 0 Å². The summed E-state index contributed by atoms with van der Waals surface area (Å²) in [6.07, 6.45) is 1.79. The largest absolute Gasteiger partial charge is 0.480 e. The maximum absolute atomic E-state index is 12.1. The number of carboxylic acid groups (broad SMARTS) is 1. The molecule has 0 spiro atoms. The Bertz CT molecular complexity index is 298. The van der Waals surface area contributed by atoms with Gasteiger partial charge in [-0.05, 0) is 19.8 Å². The van der Waals surface area contributed by atoms with E-state index >= 15 is 0 Å². The Balaban J connectivity index is 2.52. The van der Waals surface area contributed by atoms with E-state index in [2.05, 4.69) is 0 Å². The molecule has 2 atom stereocenters. The van der Waals surface area contributed by atoms with E-state index in [4.69, 9.17) is 9.84 Å². The Morgan fingerprint density at radius 1 is 1.44 bits per heavy atom. The van der Waals surface area contributed by atoms with Crippen LogP contribution in [0.2, 0.25) is 0 Å². The van der Waals surface area contributed by atoms with Crippen molar-refractivity contribution in [3.05, 3.63) is 0 Å². The maximum atomic E-state index is 12.1. The second-order valence-electron chi connectivity index (χ2n) is 4.15. The van der Waals surface area contributed by atoms with Crippen molar-refractivity contribution < 1.29 is 19.4 Å². The van der Waals surface area contributed by atoms with Crippen molar-refractivity contribution in [3.8, 4) is 0 Å². The number of rotatable bonds is 7. The molecule has 2 unspecified atom stereocenters. The number of hydrogen-bond acceptors (Lipinski definition) is 4. The SMILES string of the molecule is CCOCCCC(=O)N1C(CC)SCC1C(=O)O. The van der Waals surface area contributed by atoms with Crippen LogP contribution in [-0.2, 0) is 14.3 Å². The van der Waals surface area contributed by atoms with Gasteiger partial charge in [-0.1, -0.05) is 6.92 Å². The number of carbonyl (C=O) groups is 2. The van der Waals surface area contributed by atoms with Gasteiger partial charge in [-0.25, -0.2) is 4.79 Å². The Kier molecular flexibility index (Phi) is 6.49. The molecule has 1 amide bonds. The Morgan fingerprint density at radius 3 is 2.72 bits per heavy atom. The molecule has 5 nitrogen and oxygen atoms in total. The van der Waals surface area contributed by atoms with Gasteiger partial charge in [0.2, 0.25) is 5.91 Å². The first kappa shape index (κ1) is 15.3. The second-order valence-corrected chi connectivity index (χ2v) is 5.36. The number of ether oxygens (including phenoxy) is 1. The summed E-state index contributed by atoms with van der Waals surface area (Å²) in [5.74, 6) is -0.485. The van der Waals surface area contributed by atoms with Crippen molar-refractivity contribution >= 4 is 23.6 Å². The third-order valence-electron chi connectivity index (χ3n) is 2.90. The summed E-state index contributed by atoms with van der Waals surface area (Å²) in [5.41, 5.74) is 0. The van der Waals surface area contributed by atoms with Crippen LogP contribution >= 0.6 is 11.8 Å². The zero-order valence-corrected chi connectivity index (χ0v) is 11.7. The van der Waals surface area contributed by atoms with E-state index in [1.807, 2.05) is 13.8 Å². The monoisotopic (exact) mass is 275 g/mol. The topological polar surface area (TPSA) is 66.8 Å². The molecule has 1 aliphatic heterocycles. The molecule has 18 heavy (non-hydrogen) atoms. The summed E-state index contributed by atoms with van der Waals surface area (Å²) in [7, 11) is 0. The van der Waals surface area contributed by atoms with Crippen molar-refractivity contribution in [1.82, 2.24) is 4.90 Å². The van der Waals surface area contributed by atoms with Crippen molar-refractivity contribution in [2.75, 3.05) is 19.0 Å². The number of carboxylic acids is 1. The number of amides is 1. The third kappa shape index (κ3) is 3.88. The fourth-order valence-electron chi connectivity index (χ4n) is 2.00. The predicted molar refractivity (Wildman–Crippen MR) is 70.5 cm³/mol. The lowest BCUT2D eigenvalue weighted by atomic mass is 10.2. The van der Waals surface area contributed by atoms with Crippen LogP contribution in [0.15, 0.2) is 0 Å². The molecule has 1 aliphatic rings. The molecular formula is C12H21NO4S. The van der Waals surface area contributed by atoms with E-state index in [1.54, 1.807) is 16.7 Å². The molecule has 0 saturated carbocycles. The van der Waals surface area contributed by atoms with Gasteiger partial charge in [-0.3, -0.25) is 4.79 Å². The zero-order valence-electron chi connectivity index (χ0n) is 10.9. The molecular weight excluding hydrogens is 254 g/mol. The lowest BCUT2D eigenvalue weighted by Gasteiger charge is -2.26. The van der Waals surface area contributed by atoms with Gasteiger partial charge in [-0.2, -0.15) is 0 Å². The molecule has 0 aromatic heterocycles. The van der Waals surface area contributed by atoms with E-state index < -0.39 is 12.0 Å².